The maximum absolute atomic E-state index is 12.6. The summed E-state index contributed by atoms with van der Waals surface area (Å²) in [5.74, 6) is 0.462. The fourth-order valence-electron chi connectivity index (χ4n) is 2.83. The Kier molecular flexibility index (Phi) is 4.23. The average molecular weight is 406 g/mol. The second-order valence-electron chi connectivity index (χ2n) is 5.69. The highest BCUT2D eigenvalue weighted by Gasteiger charge is 2.21. The molecule has 0 bridgehead atoms. The standard InChI is InChI=1S/C18H11Cl3N4O/c1-9-22-17-14(18(26)23-9)15(10-5-3-2-4-6-10)24-25(17)16-12(20)7-11(19)8-13(16)21/h2-8H,1H3,(H,22,23,26). The molecule has 26 heavy (non-hydrogen) atoms. The van der Waals surface area contributed by atoms with E-state index in [9.17, 15) is 4.79 Å². The van der Waals surface area contributed by atoms with Crippen molar-refractivity contribution in [1.29, 1.82) is 0 Å². The van der Waals surface area contributed by atoms with Crippen molar-refractivity contribution in [3.8, 4) is 16.9 Å². The minimum Gasteiger partial charge on any atom is -0.310 e. The Morgan fingerprint density at radius 3 is 2.35 bits per heavy atom. The average Bonchev–Trinajstić information content (AvgIpc) is 2.94. The molecule has 0 aliphatic carbocycles. The SMILES string of the molecule is Cc1nc2c(c(-c3ccccc3)nn2-c2c(Cl)cc(Cl)cc2Cl)c(=O)[nH]1. The molecule has 1 N–H and O–H groups in total. The van der Waals surface area contributed by atoms with Gasteiger partial charge in [0.15, 0.2) is 5.65 Å². The number of aryl methyl sites for hydroxylation is 1. The number of rotatable bonds is 2. The van der Waals surface area contributed by atoms with Crippen molar-refractivity contribution in [3.05, 3.63) is 73.7 Å². The molecule has 2 aromatic carbocycles. The molecule has 0 saturated carbocycles. The topological polar surface area (TPSA) is 63.6 Å². The fraction of sp³-hybridized carbons (Fsp3) is 0.0556. The molecule has 2 heterocycles. The molecule has 0 aliphatic rings. The van der Waals surface area contributed by atoms with Crippen molar-refractivity contribution >= 4 is 45.8 Å². The Hall–Kier alpha value is -2.34. The maximum atomic E-state index is 12.6. The van der Waals surface area contributed by atoms with Crippen LogP contribution in [-0.4, -0.2) is 19.7 Å². The lowest BCUT2D eigenvalue weighted by Gasteiger charge is -2.08. The minimum absolute atomic E-state index is 0.279. The summed E-state index contributed by atoms with van der Waals surface area (Å²) in [6.07, 6.45) is 0. The number of H-pyrrole nitrogens is 1. The molecular weight excluding hydrogens is 395 g/mol. The van der Waals surface area contributed by atoms with Crippen molar-refractivity contribution in [2.75, 3.05) is 0 Å². The Labute approximate surface area is 163 Å². The van der Waals surface area contributed by atoms with Gasteiger partial charge in [0.1, 0.15) is 22.6 Å². The van der Waals surface area contributed by atoms with E-state index in [1.54, 1.807) is 19.1 Å². The molecule has 0 fully saturated rings. The van der Waals surface area contributed by atoms with E-state index in [2.05, 4.69) is 15.1 Å². The van der Waals surface area contributed by atoms with Crippen LogP contribution >= 0.6 is 34.8 Å². The van der Waals surface area contributed by atoms with Crippen LogP contribution in [0.25, 0.3) is 28.0 Å². The predicted molar refractivity (Wildman–Crippen MR) is 105 cm³/mol. The highest BCUT2D eigenvalue weighted by Crippen LogP contribution is 2.35. The number of fused-ring (bicyclic) bond motifs is 1. The maximum Gasteiger partial charge on any atom is 0.262 e. The van der Waals surface area contributed by atoms with Crippen molar-refractivity contribution in [3.63, 3.8) is 0 Å². The first kappa shape index (κ1) is 17.1. The molecule has 0 atom stereocenters. The Bertz CT molecular complexity index is 1180. The molecule has 5 nitrogen and oxygen atoms in total. The predicted octanol–water partition coefficient (Wildman–Crippen LogP) is 5.04. The van der Waals surface area contributed by atoms with Crippen LogP contribution in [0.5, 0.6) is 0 Å². The monoisotopic (exact) mass is 404 g/mol. The van der Waals surface area contributed by atoms with Crippen molar-refractivity contribution in [2.24, 2.45) is 0 Å². The summed E-state index contributed by atoms with van der Waals surface area (Å²) in [6, 6.07) is 12.5. The van der Waals surface area contributed by atoms with Gasteiger partial charge < -0.3 is 4.98 Å². The Morgan fingerprint density at radius 1 is 1.04 bits per heavy atom. The lowest BCUT2D eigenvalue weighted by atomic mass is 10.1. The summed E-state index contributed by atoms with van der Waals surface area (Å²) in [5, 5.41) is 6.00. The van der Waals surface area contributed by atoms with Gasteiger partial charge in [-0.1, -0.05) is 65.1 Å². The van der Waals surface area contributed by atoms with Gasteiger partial charge in [0.05, 0.1) is 10.0 Å². The van der Waals surface area contributed by atoms with E-state index >= 15 is 0 Å². The van der Waals surface area contributed by atoms with E-state index in [4.69, 9.17) is 34.8 Å². The van der Waals surface area contributed by atoms with Gasteiger partial charge in [-0.05, 0) is 19.1 Å². The van der Waals surface area contributed by atoms with E-state index in [-0.39, 0.29) is 5.56 Å². The normalized spacial score (nSPS) is 11.2. The third-order valence-electron chi connectivity index (χ3n) is 3.90. The van der Waals surface area contributed by atoms with Gasteiger partial charge in [-0.3, -0.25) is 4.79 Å². The number of aromatic nitrogens is 4. The third-order valence-corrected chi connectivity index (χ3v) is 4.69. The zero-order valence-corrected chi connectivity index (χ0v) is 15.7. The highest BCUT2D eigenvalue weighted by atomic mass is 35.5. The van der Waals surface area contributed by atoms with Crippen LogP contribution in [0.15, 0.2) is 47.3 Å². The van der Waals surface area contributed by atoms with E-state index in [1.165, 1.54) is 4.68 Å². The van der Waals surface area contributed by atoms with Crippen LogP contribution in [0.1, 0.15) is 5.82 Å². The first-order chi connectivity index (χ1) is 12.5. The van der Waals surface area contributed by atoms with Gasteiger partial charge in [-0.15, -0.1) is 0 Å². The molecule has 0 radical (unpaired) electrons. The molecule has 4 rings (SSSR count). The van der Waals surface area contributed by atoms with E-state index in [0.717, 1.165) is 5.56 Å². The molecular formula is C18H11Cl3N4O. The summed E-state index contributed by atoms with van der Waals surface area (Å²) in [5.41, 5.74) is 1.79. The Morgan fingerprint density at radius 2 is 1.69 bits per heavy atom. The molecule has 0 unspecified atom stereocenters. The van der Waals surface area contributed by atoms with Crippen LogP contribution in [0, 0.1) is 6.92 Å². The van der Waals surface area contributed by atoms with Gasteiger partial charge in [-0.2, -0.15) is 5.10 Å². The molecule has 0 aliphatic heterocycles. The largest absolute Gasteiger partial charge is 0.310 e. The number of halogens is 3. The lowest BCUT2D eigenvalue weighted by Crippen LogP contribution is -2.10. The number of nitrogens with zero attached hydrogens (tertiary/aromatic N) is 3. The quantitative estimate of drug-likeness (QED) is 0.508. The molecule has 8 heteroatoms. The zero-order valence-electron chi connectivity index (χ0n) is 13.4. The second kappa shape index (κ2) is 6.43. The molecule has 4 aromatic rings. The lowest BCUT2D eigenvalue weighted by molar-refractivity contribution is 0.892. The van der Waals surface area contributed by atoms with Gasteiger partial charge >= 0.3 is 0 Å². The van der Waals surface area contributed by atoms with Crippen LogP contribution in [0.2, 0.25) is 15.1 Å². The van der Waals surface area contributed by atoms with Crippen molar-refractivity contribution in [1.82, 2.24) is 19.7 Å². The molecule has 130 valence electrons. The minimum atomic E-state index is -0.279. The zero-order chi connectivity index (χ0) is 18.4. The van der Waals surface area contributed by atoms with Gasteiger partial charge in [0.25, 0.3) is 5.56 Å². The van der Waals surface area contributed by atoms with E-state index < -0.39 is 0 Å². The number of aromatic amines is 1. The summed E-state index contributed by atoms with van der Waals surface area (Å²) < 4.78 is 1.49. The number of nitrogens with one attached hydrogen (secondary N) is 1. The van der Waals surface area contributed by atoms with Crippen LogP contribution in [0.4, 0.5) is 0 Å². The van der Waals surface area contributed by atoms with Gasteiger partial charge in [-0.25, -0.2) is 9.67 Å². The Balaban J connectivity index is 2.14. The van der Waals surface area contributed by atoms with E-state index in [1.807, 2.05) is 30.3 Å². The first-order valence-electron chi connectivity index (χ1n) is 7.65. The van der Waals surface area contributed by atoms with Crippen LogP contribution in [-0.2, 0) is 0 Å². The van der Waals surface area contributed by atoms with Crippen molar-refractivity contribution in [2.45, 2.75) is 6.92 Å². The van der Waals surface area contributed by atoms with Gasteiger partial charge in [0.2, 0.25) is 0 Å². The molecule has 0 spiro atoms. The summed E-state index contributed by atoms with van der Waals surface area (Å²) in [7, 11) is 0. The summed E-state index contributed by atoms with van der Waals surface area (Å²) >= 11 is 18.7. The molecule has 2 aromatic heterocycles. The van der Waals surface area contributed by atoms with Gasteiger partial charge in [0, 0.05) is 10.6 Å². The first-order valence-corrected chi connectivity index (χ1v) is 8.79. The highest BCUT2D eigenvalue weighted by molar-refractivity contribution is 6.40. The van der Waals surface area contributed by atoms with Crippen LogP contribution in [0.3, 0.4) is 0 Å². The number of hydrogen-bond acceptors (Lipinski definition) is 3. The molecule has 0 amide bonds. The number of hydrogen-bond donors (Lipinski definition) is 1. The van der Waals surface area contributed by atoms with Crippen molar-refractivity contribution < 1.29 is 0 Å². The second-order valence-corrected chi connectivity index (χ2v) is 6.95. The molecule has 0 saturated heterocycles. The number of benzene rings is 2. The van der Waals surface area contributed by atoms with Crippen LogP contribution < -0.4 is 5.56 Å². The fourth-order valence-corrected chi connectivity index (χ4v) is 3.80. The summed E-state index contributed by atoms with van der Waals surface area (Å²) in [6.45, 7) is 1.70. The van der Waals surface area contributed by atoms with E-state index in [0.29, 0.717) is 43.3 Å². The summed E-state index contributed by atoms with van der Waals surface area (Å²) in [4.78, 5) is 19.8. The smallest absolute Gasteiger partial charge is 0.262 e. The third kappa shape index (κ3) is 2.78.